The molecule has 1 aliphatic rings. The van der Waals surface area contributed by atoms with E-state index in [4.69, 9.17) is 11.6 Å². The van der Waals surface area contributed by atoms with Crippen molar-refractivity contribution in [3.05, 3.63) is 56.3 Å². The molecule has 3 amide bonds. The Labute approximate surface area is 156 Å². The lowest BCUT2D eigenvalue weighted by Crippen LogP contribution is -2.37. The van der Waals surface area contributed by atoms with Crippen molar-refractivity contribution in [1.82, 2.24) is 15.2 Å². The summed E-state index contributed by atoms with van der Waals surface area (Å²) in [5, 5.41) is 2.32. The molecule has 0 bridgehead atoms. The molecule has 1 aliphatic heterocycles. The predicted octanol–water partition coefficient (Wildman–Crippen LogP) is 3.26. The van der Waals surface area contributed by atoms with E-state index in [2.05, 4.69) is 10.3 Å². The van der Waals surface area contributed by atoms with Gasteiger partial charge in [-0.1, -0.05) is 17.7 Å². The molecule has 2 aromatic rings. The molecule has 1 saturated heterocycles. The number of hydrogen-bond acceptors (Lipinski definition) is 6. The van der Waals surface area contributed by atoms with Gasteiger partial charge in [0.25, 0.3) is 17.1 Å². The van der Waals surface area contributed by atoms with Gasteiger partial charge in [-0.3, -0.25) is 24.3 Å². The van der Waals surface area contributed by atoms with Gasteiger partial charge in [-0.25, -0.2) is 0 Å². The molecule has 2 aromatic heterocycles. The summed E-state index contributed by atoms with van der Waals surface area (Å²) in [5.74, 6) is -0.651. The molecule has 3 rings (SSSR count). The summed E-state index contributed by atoms with van der Waals surface area (Å²) < 4.78 is 0.525. The topological polar surface area (TPSA) is 79.4 Å². The van der Waals surface area contributed by atoms with Crippen LogP contribution in [0.3, 0.4) is 0 Å². The molecule has 0 spiro atoms. The Morgan fingerprint density at radius 3 is 2.84 bits per heavy atom. The molecular formula is C16H12ClN3O3S2. The number of carbonyl (C=O) groups excluding carboxylic acids is 3. The highest BCUT2D eigenvalue weighted by Crippen LogP contribution is 2.31. The summed E-state index contributed by atoms with van der Waals surface area (Å²) in [5.41, 5.74) is 0.746. The maximum absolute atomic E-state index is 12.3. The lowest BCUT2D eigenvalue weighted by Gasteiger charge is -2.12. The molecular weight excluding hydrogens is 382 g/mol. The Hall–Kier alpha value is -2.16. The fraction of sp³-hybridized carbons (Fsp3) is 0.125. The first-order valence-corrected chi connectivity index (χ1v) is 9.24. The summed E-state index contributed by atoms with van der Waals surface area (Å²) in [6.45, 7) is 0.284. The third-order valence-corrected chi connectivity index (χ3v) is 5.41. The number of halogens is 1. The summed E-state index contributed by atoms with van der Waals surface area (Å²) in [6, 6.07) is 6.82. The van der Waals surface area contributed by atoms with Crippen molar-refractivity contribution in [1.29, 1.82) is 0 Å². The van der Waals surface area contributed by atoms with Crippen molar-refractivity contribution < 1.29 is 14.4 Å². The van der Waals surface area contributed by atoms with Gasteiger partial charge in [0.2, 0.25) is 0 Å². The SMILES string of the molecule is O=C(NCCN1C(=O)S/C(=C\c2cccnc2)C1=O)c1ccc(Cl)s1. The first-order chi connectivity index (χ1) is 12.0. The highest BCUT2D eigenvalue weighted by atomic mass is 35.5. The fourth-order valence-corrected chi connectivity index (χ4v) is 3.93. The number of thioether (sulfide) groups is 1. The van der Waals surface area contributed by atoms with E-state index in [9.17, 15) is 14.4 Å². The molecule has 6 nitrogen and oxygen atoms in total. The predicted molar refractivity (Wildman–Crippen MR) is 98.6 cm³/mol. The zero-order chi connectivity index (χ0) is 17.8. The zero-order valence-electron chi connectivity index (χ0n) is 12.8. The Balaban J connectivity index is 1.58. The number of hydrogen-bond donors (Lipinski definition) is 1. The quantitative estimate of drug-likeness (QED) is 0.788. The van der Waals surface area contributed by atoms with Crippen molar-refractivity contribution in [2.24, 2.45) is 0 Å². The molecule has 1 fully saturated rings. The molecule has 128 valence electrons. The van der Waals surface area contributed by atoms with E-state index >= 15 is 0 Å². The molecule has 0 atom stereocenters. The number of amides is 3. The van der Waals surface area contributed by atoms with Gasteiger partial charge in [0.15, 0.2) is 0 Å². The van der Waals surface area contributed by atoms with Gasteiger partial charge in [-0.15, -0.1) is 11.3 Å². The van der Waals surface area contributed by atoms with Crippen LogP contribution in [-0.2, 0) is 4.79 Å². The summed E-state index contributed by atoms with van der Waals surface area (Å²) in [6.07, 6.45) is 4.87. The molecule has 3 heterocycles. The molecule has 0 aromatic carbocycles. The second-order valence-corrected chi connectivity index (χ2v) is 7.69. The minimum absolute atomic E-state index is 0.111. The first kappa shape index (κ1) is 17.7. The van der Waals surface area contributed by atoms with E-state index in [0.717, 1.165) is 22.2 Å². The normalized spacial score (nSPS) is 15.9. The third-order valence-electron chi connectivity index (χ3n) is 3.27. The summed E-state index contributed by atoms with van der Waals surface area (Å²) in [7, 11) is 0. The van der Waals surface area contributed by atoms with Gasteiger partial charge >= 0.3 is 0 Å². The van der Waals surface area contributed by atoms with Gasteiger partial charge in [0, 0.05) is 25.5 Å². The van der Waals surface area contributed by atoms with Crippen LogP contribution in [0.1, 0.15) is 15.2 Å². The van der Waals surface area contributed by atoms with E-state index in [1.54, 1.807) is 42.7 Å². The average molecular weight is 394 g/mol. The summed E-state index contributed by atoms with van der Waals surface area (Å²) in [4.78, 5) is 42.2. The third kappa shape index (κ3) is 4.28. The van der Waals surface area contributed by atoms with Crippen molar-refractivity contribution in [3.8, 4) is 0 Å². The Morgan fingerprint density at radius 2 is 2.16 bits per heavy atom. The van der Waals surface area contributed by atoms with E-state index < -0.39 is 0 Å². The number of rotatable bonds is 5. The highest BCUT2D eigenvalue weighted by Gasteiger charge is 2.34. The van der Waals surface area contributed by atoms with E-state index in [-0.39, 0.29) is 30.1 Å². The van der Waals surface area contributed by atoms with Crippen LogP contribution in [0.2, 0.25) is 4.34 Å². The van der Waals surface area contributed by atoms with Gasteiger partial charge in [-0.2, -0.15) is 0 Å². The Morgan fingerprint density at radius 1 is 1.32 bits per heavy atom. The second kappa shape index (κ2) is 7.81. The zero-order valence-corrected chi connectivity index (χ0v) is 15.2. The van der Waals surface area contributed by atoms with Gasteiger partial charge < -0.3 is 5.32 Å². The minimum Gasteiger partial charge on any atom is -0.350 e. The van der Waals surface area contributed by atoms with Crippen LogP contribution in [0, 0.1) is 0 Å². The Kier molecular flexibility index (Phi) is 5.52. The number of aromatic nitrogens is 1. The molecule has 0 unspecified atom stereocenters. The maximum Gasteiger partial charge on any atom is 0.293 e. The average Bonchev–Trinajstić information content (AvgIpc) is 3.14. The first-order valence-electron chi connectivity index (χ1n) is 7.23. The van der Waals surface area contributed by atoms with Crippen LogP contribution in [0.25, 0.3) is 6.08 Å². The van der Waals surface area contributed by atoms with Crippen LogP contribution in [0.4, 0.5) is 4.79 Å². The minimum atomic E-state index is -0.368. The van der Waals surface area contributed by atoms with E-state index in [0.29, 0.717) is 14.1 Å². The van der Waals surface area contributed by atoms with Crippen LogP contribution in [-0.4, -0.2) is 40.0 Å². The van der Waals surface area contributed by atoms with Crippen LogP contribution in [0.5, 0.6) is 0 Å². The van der Waals surface area contributed by atoms with Crippen molar-refractivity contribution in [3.63, 3.8) is 0 Å². The second-order valence-electron chi connectivity index (χ2n) is 4.98. The largest absolute Gasteiger partial charge is 0.350 e. The van der Waals surface area contributed by atoms with E-state index in [1.807, 2.05) is 0 Å². The number of thiophene rings is 1. The van der Waals surface area contributed by atoms with Crippen molar-refractivity contribution in [2.45, 2.75) is 0 Å². The number of carbonyl (C=O) groups is 3. The smallest absolute Gasteiger partial charge is 0.293 e. The highest BCUT2D eigenvalue weighted by molar-refractivity contribution is 8.18. The van der Waals surface area contributed by atoms with Crippen molar-refractivity contribution >= 4 is 57.8 Å². The van der Waals surface area contributed by atoms with Gasteiger partial charge in [0.1, 0.15) is 0 Å². The van der Waals surface area contributed by atoms with Crippen LogP contribution < -0.4 is 5.32 Å². The molecule has 0 saturated carbocycles. The van der Waals surface area contributed by atoms with Crippen LogP contribution >= 0.6 is 34.7 Å². The maximum atomic E-state index is 12.3. The molecule has 0 aliphatic carbocycles. The number of imide groups is 1. The van der Waals surface area contributed by atoms with Crippen LogP contribution in [0.15, 0.2) is 41.6 Å². The number of pyridine rings is 1. The lowest BCUT2D eigenvalue weighted by molar-refractivity contribution is -0.122. The number of nitrogens with one attached hydrogen (secondary N) is 1. The fourth-order valence-electron chi connectivity index (χ4n) is 2.11. The molecule has 0 radical (unpaired) electrons. The van der Waals surface area contributed by atoms with E-state index in [1.165, 1.54) is 11.3 Å². The monoisotopic (exact) mass is 393 g/mol. The van der Waals surface area contributed by atoms with Gasteiger partial charge in [0.05, 0.1) is 14.1 Å². The molecule has 1 N–H and O–H groups in total. The number of nitrogens with zero attached hydrogens (tertiary/aromatic N) is 2. The standard InChI is InChI=1S/C16H12ClN3O3S2/c17-13-4-3-11(24-13)14(21)19-6-7-20-15(22)12(25-16(20)23)8-10-2-1-5-18-9-10/h1-5,8-9H,6-7H2,(H,19,21)/b12-8-. The summed E-state index contributed by atoms with van der Waals surface area (Å²) >= 11 is 7.84. The van der Waals surface area contributed by atoms with Gasteiger partial charge in [-0.05, 0) is 41.6 Å². The molecule has 25 heavy (non-hydrogen) atoms. The Bertz CT molecular complexity index is 851. The lowest BCUT2D eigenvalue weighted by atomic mass is 10.2. The van der Waals surface area contributed by atoms with Crippen molar-refractivity contribution in [2.75, 3.05) is 13.1 Å². The molecule has 9 heteroatoms.